The lowest BCUT2D eigenvalue weighted by Gasteiger charge is -2.38. The van der Waals surface area contributed by atoms with E-state index in [0.717, 1.165) is 24.0 Å². The molecular formula is C25H30Cl2N2O3. The van der Waals surface area contributed by atoms with Gasteiger partial charge in [-0.2, -0.15) is 0 Å². The summed E-state index contributed by atoms with van der Waals surface area (Å²) in [5.41, 5.74) is 2.77. The van der Waals surface area contributed by atoms with Gasteiger partial charge in [-0.1, -0.05) is 53.5 Å². The van der Waals surface area contributed by atoms with Crippen molar-refractivity contribution in [2.75, 3.05) is 7.05 Å². The summed E-state index contributed by atoms with van der Waals surface area (Å²) < 4.78 is 5.28. The molecule has 32 heavy (non-hydrogen) atoms. The van der Waals surface area contributed by atoms with E-state index in [1.807, 2.05) is 30.3 Å². The van der Waals surface area contributed by atoms with Gasteiger partial charge in [0.25, 0.3) is 0 Å². The number of rotatable bonds is 4. The number of nitrogens with zero attached hydrogens (tertiary/aromatic N) is 1. The average Bonchev–Trinajstić information content (AvgIpc) is 2.72. The summed E-state index contributed by atoms with van der Waals surface area (Å²) in [6.45, 7) is 7.04. The van der Waals surface area contributed by atoms with Gasteiger partial charge in [-0.05, 0) is 69.4 Å². The third kappa shape index (κ3) is 5.57. The van der Waals surface area contributed by atoms with Gasteiger partial charge in [0.15, 0.2) is 0 Å². The summed E-state index contributed by atoms with van der Waals surface area (Å²) in [6, 6.07) is 13.2. The molecule has 0 unspecified atom stereocenters. The van der Waals surface area contributed by atoms with E-state index in [4.69, 9.17) is 27.9 Å². The van der Waals surface area contributed by atoms with Crippen LogP contribution in [0.25, 0.3) is 0 Å². The van der Waals surface area contributed by atoms with Gasteiger partial charge in [-0.3, -0.25) is 4.79 Å². The fraction of sp³-hybridized carbons (Fsp3) is 0.440. The maximum absolute atomic E-state index is 13.1. The molecule has 2 aromatic rings. The van der Waals surface area contributed by atoms with Crippen LogP contribution in [0.4, 0.5) is 4.79 Å². The molecule has 5 nitrogen and oxygen atoms in total. The highest BCUT2D eigenvalue weighted by atomic mass is 35.5. The zero-order valence-corrected chi connectivity index (χ0v) is 20.6. The van der Waals surface area contributed by atoms with Gasteiger partial charge in [-0.15, -0.1) is 0 Å². The second-order valence-electron chi connectivity index (χ2n) is 9.27. The average molecular weight is 477 g/mol. The Balaban J connectivity index is 1.80. The fourth-order valence-electron chi connectivity index (χ4n) is 4.25. The molecule has 2 aromatic carbocycles. The highest BCUT2D eigenvalue weighted by molar-refractivity contribution is 6.42. The van der Waals surface area contributed by atoms with Crippen molar-refractivity contribution in [1.29, 1.82) is 0 Å². The minimum Gasteiger partial charge on any atom is -0.444 e. The molecule has 2 amide bonds. The predicted molar refractivity (Wildman–Crippen MR) is 128 cm³/mol. The number of ether oxygens (including phenoxy) is 1. The maximum Gasteiger partial charge on any atom is 0.408 e. The monoisotopic (exact) mass is 476 g/mol. The number of halogens is 2. The Bertz CT molecular complexity index is 1000. The van der Waals surface area contributed by atoms with Gasteiger partial charge in [0.05, 0.1) is 16.1 Å². The Morgan fingerprint density at radius 2 is 1.72 bits per heavy atom. The minimum absolute atomic E-state index is 0.0828. The van der Waals surface area contributed by atoms with E-state index in [0.29, 0.717) is 10.0 Å². The van der Waals surface area contributed by atoms with Crippen LogP contribution in [0.3, 0.4) is 0 Å². The van der Waals surface area contributed by atoms with Crippen LogP contribution in [-0.4, -0.2) is 35.6 Å². The zero-order chi connectivity index (χ0) is 23.6. The van der Waals surface area contributed by atoms with Crippen molar-refractivity contribution in [1.82, 2.24) is 10.2 Å². The van der Waals surface area contributed by atoms with Crippen molar-refractivity contribution >= 4 is 35.2 Å². The Labute approximate surface area is 200 Å². The molecule has 3 atom stereocenters. The van der Waals surface area contributed by atoms with Gasteiger partial charge < -0.3 is 15.0 Å². The molecule has 7 heteroatoms. The number of carbonyl (C=O) groups is 2. The van der Waals surface area contributed by atoms with Crippen LogP contribution in [0.15, 0.2) is 42.5 Å². The van der Waals surface area contributed by atoms with Crippen molar-refractivity contribution in [3.05, 3.63) is 69.2 Å². The van der Waals surface area contributed by atoms with Crippen LogP contribution in [-0.2, 0) is 9.53 Å². The Kier molecular flexibility index (Phi) is 7.41. The molecule has 0 saturated carbocycles. The SMILES string of the molecule is C[C@H](NC(=O)OC(C)(C)C)C(=O)N(C)[C@H]1CC[C@H](c2ccc(Cl)c(Cl)c2)c2ccccc21. The van der Waals surface area contributed by atoms with Gasteiger partial charge >= 0.3 is 6.09 Å². The van der Waals surface area contributed by atoms with Gasteiger partial charge in [0.1, 0.15) is 11.6 Å². The summed E-state index contributed by atoms with van der Waals surface area (Å²) in [6.07, 6.45) is 1.06. The first-order chi connectivity index (χ1) is 15.0. The smallest absolute Gasteiger partial charge is 0.408 e. The molecular weight excluding hydrogens is 447 g/mol. The number of amides is 2. The van der Waals surface area contributed by atoms with Crippen molar-refractivity contribution in [3.8, 4) is 0 Å². The number of nitrogens with one attached hydrogen (secondary N) is 1. The third-order valence-electron chi connectivity index (χ3n) is 5.72. The summed E-state index contributed by atoms with van der Waals surface area (Å²) in [5.74, 6) is 0.0154. The van der Waals surface area contributed by atoms with Crippen molar-refractivity contribution in [2.45, 2.75) is 64.1 Å². The predicted octanol–water partition coefficient (Wildman–Crippen LogP) is 6.33. The third-order valence-corrected chi connectivity index (χ3v) is 6.46. The molecule has 0 aromatic heterocycles. The van der Waals surface area contributed by atoms with Crippen molar-refractivity contribution in [3.63, 3.8) is 0 Å². The zero-order valence-electron chi connectivity index (χ0n) is 19.1. The van der Waals surface area contributed by atoms with E-state index in [1.54, 1.807) is 39.6 Å². The molecule has 0 spiro atoms. The molecule has 0 radical (unpaired) electrons. The molecule has 1 aliphatic rings. The molecule has 172 valence electrons. The number of hydrogen-bond acceptors (Lipinski definition) is 3. The van der Waals surface area contributed by atoms with E-state index in [2.05, 4.69) is 17.4 Å². The van der Waals surface area contributed by atoms with E-state index in [9.17, 15) is 9.59 Å². The van der Waals surface area contributed by atoms with Crippen LogP contribution in [0, 0.1) is 0 Å². The van der Waals surface area contributed by atoms with Crippen LogP contribution >= 0.6 is 23.2 Å². The standard InChI is InChI=1S/C25H30Cl2N2O3/c1-15(28-24(31)32-25(2,3)4)23(30)29(5)22-13-11-17(18-8-6-7-9-19(18)22)16-10-12-20(26)21(27)14-16/h6-10,12,14-15,17,22H,11,13H2,1-5H3,(H,28,31)/t15-,17+,22-/m0/s1. The number of fused-ring (bicyclic) bond motifs is 1. The molecule has 3 rings (SSSR count). The van der Waals surface area contributed by atoms with Gasteiger partial charge in [0.2, 0.25) is 5.91 Å². The first-order valence-corrected chi connectivity index (χ1v) is 11.5. The lowest BCUT2D eigenvalue weighted by Crippen LogP contribution is -2.48. The first kappa shape index (κ1) is 24.4. The highest BCUT2D eigenvalue weighted by Gasteiger charge is 2.34. The first-order valence-electron chi connectivity index (χ1n) is 10.8. The van der Waals surface area contributed by atoms with Crippen molar-refractivity contribution in [2.24, 2.45) is 0 Å². The van der Waals surface area contributed by atoms with Gasteiger partial charge in [0, 0.05) is 13.0 Å². The van der Waals surface area contributed by atoms with Crippen LogP contribution in [0.5, 0.6) is 0 Å². The number of benzene rings is 2. The summed E-state index contributed by atoms with van der Waals surface area (Å²) in [7, 11) is 1.79. The van der Waals surface area contributed by atoms with E-state index >= 15 is 0 Å². The Morgan fingerprint density at radius 3 is 2.34 bits per heavy atom. The molecule has 0 bridgehead atoms. The van der Waals surface area contributed by atoms with Crippen molar-refractivity contribution < 1.29 is 14.3 Å². The Hall–Kier alpha value is -2.24. The lowest BCUT2D eigenvalue weighted by atomic mass is 9.76. The Morgan fingerprint density at radius 1 is 1.06 bits per heavy atom. The molecule has 0 saturated heterocycles. The fourth-order valence-corrected chi connectivity index (χ4v) is 4.56. The summed E-state index contributed by atoms with van der Waals surface area (Å²) in [5, 5.41) is 3.72. The van der Waals surface area contributed by atoms with E-state index < -0.39 is 17.7 Å². The minimum atomic E-state index is -0.699. The number of carbonyl (C=O) groups excluding carboxylic acids is 2. The molecule has 0 fully saturated rings. The normalized spacial score (nSPS) is 19.0. The topological polar surface area (TPSA) is 58.6 Å². The largest absolute Gasteiger partial charge is 0.444 e. The second kappa shape index (κ2) is 9.72. The lowest BCUT2D eigenvalue weighted by molar-refractivity contribution is -0.134. The van der Waals surface area contributed by atoms with Crippen LogP contribution in [0.2, 0.25) is 10.0 Å². The highest BCUT2D eigenvalue weighted by Crippen LogP contribution is 2.44. The summed E-state index contributed by atoms with van der Waals surface area (Å²) >= 11 is 12.4. The summed E-state index contributed by atoms with van der Waals surface area (Å²) in [4.78, 5) is 26.9. The number of alkyl carbamates (subject to hydrolysis) is 1. The maximum atomic E-state index is 13.1. The van der Waals surface area contributed by atoms with Gasteiger partial charge in [-0.25, -0.2) is 4.79 Å². The van der Waals surface area contributed by atoms with Crippen LogP contribution in [0.1, 0.15) is 69.2 Å². The molecule has 1 N–H and O–H groups in total. The molecule has 0 aliphatic heterocycles. The number of likely N-dealkylation sites (N-methyl/N-ethyl adjacent to an activating group) is 1. The number of hydrogen-bond donors (Lipinski definition) is 1. The van der Waals surface area contributed by atoms with E-state index in [-0.39, 0.29) is 17.9 Å². The second-order valence-corrected chi connectivity index (χ2v) is 10.1. The van der Waals surface area contributed by atoms with E-state index in [1.165, 1.54) is 5.56 Å². The quantitative estimate of drug-likeness (QED) is 0.560. The van der Waals surface area contributed by atoms with Crippen LogP contribution < -0.4 is 5.32 Å². The molecule has 0 heterocycles. The molecule has 1 aliphatic carbocycles.